The smallest absolute Gasteiger partial charge is 0.201 e. The number of rotatable bonds is 8. The van der Waals surface area contributed by atoms with Crippen LogP contribution in [0.4, 0.5) is 0 Å². The average molecular weight is 1100 g/mol. The molecule has 0 fully saturated rings. The van der Waals surface area contributed by atoms with Crippen LogP contribution in [0.1, 0.15) is 114 Å². The van der Waals surface area contributed by atoms with Gasteiger partial charge in [0.25, 0.3) is 0 Å². The number of pyridine rings is 5. The van der Waals surface area contributed by atoms with Gasteiger partial charge in [0.15, 0.2) is 31.0 Å². The third kappa shape index (κ3) is 16.1. The summed E-state index contributed by atoms with van der Waals surface area (Å²) in [6.45, 7) is 21.0. The Kier molecular flexibility index (Phi) is 19.6. The molecule has 422 valence electrons. The van der Waals surface area contributed by atoms with Crippen LogP contribution in [0.5, 0.6) is 0 Å². The van der Waals surface area contributed by atoms with Crippen LogP contribution >= 0.6 is 0 Å². The molecule has 0 aliphatic rings. The number of nitrogens with zero attached hydrogens (tertiary/aromatic N) is 5. The Balaban J connectivity index is 0.000000176. The van der Waals surface area contributed by atoms with E-state index in [9.17, 15) is 0 Å². The van der Waals surface area contributed by atoms with E-state index >= 15 is 0 Å². The molecule has 5 heteroatoms. The van der Waals surface area contributed by atoms with Crippen LogP contribution in [0.25, 0.3) is 56.3 Å². The van der Waals surface area contributed by atoms with Gasteiger partial charge in [0.2, 0.25) is 28.5 Å². The second-order valence-corrected chi connectivity index (χ2v) is 22.1. The summed E-state index contributed by atoms with van der Waals surface area (Å²) >= 11 is 0. The number of hydrogen-bond acceptors (Lipinski definition) is 0. The van der Waals surface area contributed by atoms with Crippen molar-refractivity contribution >= 4 is 0 Å². The standard InChI is InChI=1S/2C16H20N.3C15H18N/c1-11-8-6-7-9-15(11)16-14(4)13(3)12(2)10-17(16)5;1-12(2)14-9-10-16(17(4)11-14)15-8-6-5-7-13(15)3;1-11-7-5-6-8-14(11)15-9-12(2)13(3)10-16(15)4;1-4-13-9-10-16(3)15(11-13)14-8-6-5-7-12(14)2;1-4-13-9-10-15(16(3)11-13)14-8-6-5-7-12(14)2/h6-10H,1-5H3;5-12H,1-4H3;5-10H,1-4H3;2*5-11H,4H2,1-3H3/q5*+1/i2D3;;3D3;;. The van der Waals surface area contributed by atoms with Gasteiger partial charge in [-0.25, -0.2) is 22.8 Å². The van der Waals surface area contributed by atoms with E-state index in [1.54, 1.807) is 12.4 Å². The van der Waals surface area contributed by atoms with Gasteiger partial charge in [-0.1, -0.05) is 119 Å². The van der Waals surface area contributed by atoms with Gasteiger partial charge >= 0.3 is 0 Å². The number of benzene rings is 5. The number of aromatic nitrogens is 5. The number of hydrogen-bond donors (Lipinski definition) is 0. The molecule has 0 saturated heterocycles. The lowest BCUT2D eigenvalue weighted by Crippen LogP contribution is -2.33. The van der Waals surface area contributed by atoms with Crippen molar-refractivity contribution in [2.45, 2.75) is 116 Å². The summed E-state index contributed by atoms with van der Waals surface area (Å²) in [6.07, 6.45) is 12.2. The van der Waals surface area contributed by atoms with Crippen molar-refractivity contribution in [1.29, 1.82) is 0 Å². The molecule has 82 heavy (non-hydrogen) atoms. The molecule has 5 aromatic carbocycles. The molecule has 5 aromatic heterocycles. The van der Waals surface area contributed by atoms with Gasteiger partial charge in [0.05, 0.1) is 0 Å². The van der Waals surface area contributed by atoms with Crippen LogP contribution < -0.4 is 22.8 Å². The second kappa shape index (κ2) is 29.5. The van der Waals surface area contributed by atoms with Gasteiger partial charge in [-0.3, -0.25) is 0 Å². The first kappa shape index (κ1) is 54.4. The van der Waals surface area contributed by atoms with E-state index < -0.39 is 13.7 Å². The third-order valence-electron chi connectivity index (χ3n) is 15.6. The monoisotopic (exact) mass is 1090 g/mol. The predicted molar refractivity (Wildman–Crippen MR) is 345 cm³/mol. The lowest BCUT2D eigenvalue weighted by atomic mass is 9.97. The maximum Gasteiger partial charge on any atom is 0.215 e. The van der Waals surface area contributed by atoms with Crippen molar-refractivity contribution in [3.63, 3.8) is 0 Å². The molecule has 0 atom stereocenters. The van der Waals surface area contributed by atoms with Gasteiger partial charge in [0, 0.05) is 94.2 Å². The van der Waals surface area contributed by atoms with Gasteiger partial charge < -0.3 is 0 Å². The van der Waals surface area contributed by atoms with E-state index in [1.165, 1.54) is 78.3 Å². The Morgan fingerprint density at radius 2 is 0.744 bits per heavy atom. The first-order valence-electron chi connectivity index (χ1n) is 31.8. The topological polar surface area (TPSA) is 19.4 Å². The molecule has 0 aliphatic carbocycles. The highest BCUT2D eigenvalue weighted by Crippen LogP contribution is 2.27. The molecule has 0 bridgehead atoms. The minimum Gasteiger partial charge on any atom is -0.201 e. The Bertz CT molecular complexity index is 4010. The molecule has 10 aromatic rings. The van der Waals surface area contributed by atoms with Crippen LogP contribution in [0.2, 0.25) is 0 Å². The molecule has 0 radical (unpaired) electrons. The lowest BCUT2D eigenvalue weighted by molar-refractivity contribution is -0.661. The summed E-state index contributed by atoms with van der Waals surface area (Å²) < 4.78 is 56.0. The minimum atomic E-state index is -2.07. The lowest BCUT2D eigenvalue weighted by Gasteiger charge is -2.10. The Morgan fingerprint density at radius 3 is 1.17 bits per heavy atom. The molecular weight excluding hydrogens is 995 g/mol. The fraction of sp³-hybridized carbons (Fsp3) is 0.286. The van der Waals surface area contributed by atoms with Crippen molar-refractivity contribution < 1.29 is 31.1 Å². The minimum absolute atomic E-state index is 0.410. The maximum absolute atomic E-state index is 7.64. The largest absolute Gasteiger partial charge is 0.215 e. The van der Waals surface area contributed by atoms with E-state index in [4.69, 9.17) is 8.22 Å². The van der Waals surface area contributed by atoms with Crippen molar-refractivity contribution in [1.82, 2.24) is 0 Å². The predicted octanol–water partition coefficient (Wildman–Crippen LogP) is 16.2. The van der Waals surface area contributed by atoms with Crippen LogP contribution in [-0.4, -0.2) is 0 Å². The van der Waals surface area contributed by atoms with E-state index in [-0.39, 0.29) is 0 Å². The van der Waals surface area contributed by atoms with Gasteiger partial charge in [-0.2, -0.15) is 0 Å². The fourth-order valence-corrected chi connectivity index (χ4v) is 10.2. The summed E-state index contributed by atoms with van der Waals surface area (Å²) in [5, 5.41) is 0. The zero-order chi connectivity index (χ0) is 64.8. The summed E-state index contributed by atoms with van der Waals surface area (Å²) in [5.41, 5.74) is 26.1. The second-order valence-electron chi connectivity index (χ2n) is 22.1. The molecule has 10 rings (SSSR count). The maximum atomic E-state index is 7.64. The molecule has 0 aliphatic heterocycles. The summed E-state index contributed by atoms with van der Waals surface area (Å²) in [4.78, 5) is 0. The molecule has 0 unspecified atom stereocenters. The third-order valence-corrected chi connectivity index (χ3v) is 15.6. The van der Waals surface area contributed by atoms with Crippen LogP contribution in [0.15, 0.2) is 195 Å². The number of aryl methyl sites for hydroxylation is 15. The Morgan fingerprint density at radius 1 is 0.341 bits per heavy atom. The van der Waals surface area contributed by atoms with E-state index in [0.29, 0.717) is 17.0 Å². The van der Waals surface area contributed by atoms with Gasteiger partial charge in [0.1, 0.15) is 35.2 Å². The molecule has 5 nitrogen and oxygen atoms in total. The van der Waals surface area contributed by atoms with Crippen molar-refractivity contribution in [2.75, 3.05) is 0 Å². The van der Waals surface area contributed by atoms with E-state index in [1.807, 2.05) is 74.3 Å². The van der Waals surface area contributed by atoms with Crippen LogP contribution in [0, 0.1) is 69.1 Å². The van der Waals surface area contributed by atoms with Gasteiger partial charge in [-0.05, 0) is 175 Å². The molecule has 0 amide bonds. The Labute approximate surface area is 503 Å². The van der Waals surface area contributed by atoms with E-state index in [2.05, 4.69) is 249 Å². The summed E-state index contributed by atoms with van der Waals surface area (Å²) in [7, 11) is 10.1. The van der Waals surface area contributed by atoms with Crippen LogP contribution in [-0.2, 0) is 48.1 Å². The van der Waals surface area contributed by atoms with E-state index in [0.717, 1.165) is 52.0 Å². The molecule has 0 saturated carbocycles. The average Bonchev–Trinajstić information content (AvgIpc) is 3.20. The highest BCUT2D eigenvalue weighted by Gasteiger charge is 2.20. The zero-order valence-corrected chi connectivity index (χ0v) is 52.2. The van der Waals surface area contributed by atoms with Crippen molar-refractivity contribution in [2.24, 2.45) is 35.2 Å². The zero-order valence-electron chi connectivity index (χ0n) is 58.2. The molecule has 5 heterocycles. The summed E-state index contributed by atoms with van der Waals surface area (Å²) in [5.74, 6) is 0.576. The highest BCUT2D eigenvalue weighted by atomic mass is 14.9. The molecular formula is C77H94N5+5. The molecule has 0 N–H and O–H groups in total. The Hall–Kier alpha value is -8.15. The SMILES string of the molecule is CCc1cc[n+](C)c(-c2ccccc2C)c1.CCc1ccc(-c2ccccc2C)[n+](C)c1.Cc1ccccc1-c1ccc(C(C)C)c[n+]1C.[2H]C([2H])([2H])c1c[n+](C)c(-c2ccccc2C)c(C)c1C.[2H]C([2H])([2H])c1c[n+](C)c(-c2ccccc2C)cc1C. The van der Waals surface area contributed by atoms with Crippen molar-refractivity contribution in [3.8, 4) is 56.3 Å². The van der Waals surface area contributed by atoms with Gasteiger partial charge in [-0.15, -0.1) is 0 Å². The normalized spacial score (nSPS) is 12.0. The molecule has 0 spiro atoms. The highest BCUT2D eigenvalue weighted by molar-refractivity contribution is 5.66. The summed E-state index contributed by atoms with van der Waals surface area (Å²) in [6, 6.07) is 57.1. The van der Waals surface area contributed by atoms with Crippen LogP contribution in [0.3, 0.4) is 0 Å². The first-order valence-corrected chi connectivity index (χ1v) is 28.8. The first-order chi connectivity index (χ1) is 41.6. The fourth-order valence-electron chi connectivity index (χ4n) is 10.2. The van der Waals surface area contributed by atoms with Crippen molar-refractivity contribution in [3.05, 3.63) is 267 Å². The quantitative estimate of drug-likeness (QED) is 0.135.